The molecule has 3 N–H and O–H groups in total. The van der Waals surface area contributed by atoms with Crippen LogP contribution in [0.4, 0.5) is 5.69 Å². The summed E-state index contributed by atoms with van der Waals surface area (Å²) in [5, 5.41) is 12.4. The number of nitrogens with one attached hydrogen (secondary N) is 3. The summed E-state index contributed by atoms with van der Waals surface area (Å²) in [5.41, 5.74) is 6.66. The van der Waals surface area contributed by atoms with Crippen molar-refractivity contribution in [2.24, 2.45) is 0 Å². The van der Waals surface area contributed by atoms with Crippen LogP contribution in [-0.2, 0) is 5.41 Å². The zero-order valence-corrected chi connectivity index (χ0v) is 23.5. The number of nitrogens with zero attached hydrogens (tertiary/aromatic N) is 5. The molecule has 0 bridgehead atoms. The van der Waals surface area contributed by atoms with Crippen LogP contribution in [0.25, 0.3) is 33.2 Å². The van der Waals surface area contributed by atoms with Gasteiger partial charge in [0.05, 0.1) is 17.1 Å². The maximum atomic E-state index is 12.8. The van der Waals surface area contributed by atoms with E-state index in [0.717, 1.165) is 70.5 Å². The molecule has 0 saturated carbocycles. The Labute approximate surface area is 232 Å². The summed E-state index contributed by atoms with van der Waals surface area (Å²) in [6.07, 6.45) is 1.60. The first-order valence-corrected chi connectivity index (χ1v) is 13.7. The molecule has 1 fully saturated rings. The fourth-order valence-electron chi connectivity index (χ4n) is 5.32. The van der Waals surface area contributed by atoms with Crippen LogP contribution in [-0.4, -0.2) is 57.2 Å². The third-order valence-electron chi connectivity index (χ3n) is 7.48. The average Bonchev–Trinajstić information content (AvgIpc) is 3.58. The molecule has 0 spiro atoms. The Morgan fingerprint density at radius 2 is 1.90 bits per heavy atom. The van der Waals surface area contributed by atoms with Crippen molar-refractivity contribution in [3.8, 4) is 11.3 Å². The van der Waals surface area contributed by atoms with E-state index in [-0.39, 0.29) is 23.2 Å². The van der Waals surface area contributed by atoms with Crippen LogP contribution in [0.1, 0.15) is 61.4 Å². The van der Waals surface area contributed by atoms with Crippen molar-refractivity contribution in [2.75, 3.05) is 31.1 Å². The number of anilines is 1. The molecule has 0 aliphatic carbocycles. The van der Waals surface area contributed by atoms with Gasteiger partial charge in [0, 0.05) is 53.7 Å². The molecule has 2 aromatic carbocycles. The summed E-state index contributed by atoms with van der Waals surface area (Å²) >= 11 is 0. The molecule has 1 amide bonds. The van der Waals surface area contributed by atoms with E-state index in [1.807, 2.05) is 46.8 Å². The molecule has 6 rings (SSSR count). The molecule has 5 aromatic rings. The van der Waals surface area contributed by atoms with E-state index in [1.165, 1.54) is 5.69 Å². The van der Waals surface area contributed by atoms with Gasteiger partial charge in [-0.3, -0.25) is 4.79 Å². The van der Waals surface area contributed by atoms with Gasteiger partial charge in [-0.1, -0.05) is 44.1 Å². The van der Waals surface area contributed by atoms with E-state index in [4.69, 9.17) is 9.51 Å². The van der Waals surface area contributed by atoms with E-state index in [1.54, 1.807) is 6.33 Å². The minimum Gasteiger partial charge on any atom is -0.369 e. The summed E-state index contributed by atoms with van der Waals surface area (Å²) < 4.78 is 5.28. The highest BCUT2D eigenvalue weighted by Crippen LogP contribution is 2.35. The van der Waals surface area contributed by atoms with Crippen LogP contribution in [0.15, 0.2) is 47.2 Å². The number of carbonyl (C=O) groups is 1. The zero-order valence-electron chi connectivity index (χ0n) is 23.5. The average molecular weight is 539 g/mol. The quantitative estimate of drug-likeness (QED) is 0.295. The molecule has 1 atom stereocenters. The van der Waals surface area contributed by atoms with Crippen LogP contribution in [0.5, 0.6) is 0 Å². The maximum Gasteiger partial charge on any atom is 0.293 e. The summed E-state index contributed by atoms with van der Waals surface area (Å²) in [4.78, 5) is 32.2. The number of aromatic amines is 1. The minimum absolute atomic E-state index is 0.0360. The van der Waals surface area contributed by atoms with Crippen LogP contribution in [0, 0.1) is 6.92 Å². The second kappa shape index (κ2) is 10.0. The highest BCUT2D eigenvalue weighted by Gasteiger charge is 2.25. The fourth-order valence-corrected chi connectivity index (χ4v) is 5.32. The Hall–Kier alpha value is -4.31. The molecule has 206 valence electrons. The number of fused-ring (bicyclic) bond motifs is 3. The van der Waals surface area contributed by atoms with Crippen LogP contribution < -0.4 is 15.5 Å². The molecular weight excluding hydrogens is 504 g/mol. The monoisotopic (exact) mass is 538 g/mol. The summed E-state index contributed by atoms with van der Waals surface area (Å²) in [6.45, 7) is 13.8. The van der Waals surface area contributed by atoms with E-state index >= 15 is 0 Å². The Balaban J connectivity index is 1.27. The van der Waals surface area contributed by atoms with Crippen molar-refractivity contribution in [3.05, 3.63) is 65.6 Å². The SMILES string of the molecule is Cc1cc(-c2ncnc3[nH]c4cc(N5CCNCC5)ccc4c23)ccc1[C@@H](C)NC(=O)c1noc(C(C)(C)C)n1. The highest BCUT2D eigenvalue weighted by molar-refractivity contribution is 6.12. The molecule has 1 aliphatic heterocycles. The fraction of sp³-hybridized carbons (Fsp3) is 0.367. The number of H-pyrrole nitrogens is 1. The number of hydrogen-bond acceptors (Lipinski definition) is 8. The van der Waals surface area contributed by atoms with Crippen molar-refractivity contribution in [1.82, 2.24) is 35.7 Å². The Kier molecular flexibility index (Phi) is 6.50. The smallest absolute Gasteiger partial charge is 0.293 e. The number of amides is 1. The largest absolute Gasteiger partial charge is 0.369 e. The predicted molar refractivity (Wildman–Crippen MR) is 156 cm³/mol. The molecule has 0 unspecified atom stereocenters. The van der Waals surface area contributed by atoms with Gasteiger partial charge in [-0.15, -0.1) is 0 Å². The van der Waals surface area contributed by atoms with E-state index < -0.39 is 0 Å². The first-order valence-electron chi connectivity index (χ1n) is 13.7. The van der Waals surface area contributed by atoms with Crippen molar-refractivity contribution in [3.63, 3.8) is 0 Å². The molecule has 40 heavy (non-hydrogen) atoms. The summed E-state index contributed by atoms with van der Waals surface area (Å²) in [6, 6.07) is 12.5. The van der Waals surface area contributed by atoms with E-state index in [9.17, 15) is 4.79 Å². The van der Waals surface area contributed by atoms with Gasteiger partial charge in [-0.05, 0) is 43.2 Å². The van der Waals surface area contributed by atoms with Crippen LogP contribution >= 0.6 is 0 Å². The first kappa shape index (κ1) is 25.9. The summed E-state index contributed by atoms with van der Waals surface area (Å²) in [5.74, 6) is 0.0971. The van der Waals surface area contributed by atoms with E-state index in [2.05, 4.69) is 59.9 Å². The molecule has 4 heterocycles. The zero-order chi connectivity index (χ0) is 28.0. The van der Waals surface area contributed by atoms with Gasteiger partial charge in [-0.2, -0.15) is 4.98 Å². The van der Waals surface area contributed by atoms with Gasteiger partial charge in [0.15, 0.2) is 0 Å². The lowest BCUT2D eigenvalue weighted by molar-refractivity contribution is 0.0926. The van der Waals surface area contributed by atoms with Gasteiger partial charge in [0.2, 0.25) is 5.89 Å². The number of benzene rings is 2. The topological polar surface area (TPSA) is 125 Å². The number of carbonyl (C=O) groups excluding carboxylic acids is 1. The standard InChI is InChI=1S/C30H34N8O2/c1-17-14-19(6-8-21(17)18(2)34-28(39)27-36-29(40-37-27)30(3,4)5)25-24-22-9-7-20(38-12-10-31-11-13-38)15-23(22)35-26(24)33-16-32-25/h6-9,14-16,18,31H,10-13H2,1-5H3,(H,34,39)(H,32,33,35)/t18-/m1/s1. The third-order valence-corrected chi connectivity index (χ3v) is 7.48. The second-order valence-corrected chi connectivity index (χ2v) is 11.5. The molecule has 10 heteroatoms. The summed E-state index contributed by atoms with van der Waals surface area (Å²) in [7, 11) is 0. The lowest BCUT2D eigenvalue weighted by Gasteiger charge is -2.29. The van der Waals surface area contributed by atoms with Crippen molar-refractivity contribution in [1.29, 1.82) is 0 Å². The predicted octanol–water partition coefficient (Wildman–Crippen LogP) is 4.67. The van der Waals surface area contributed by atoms with Crippen LogP contribution in [0.3, 0.4) is 0 Å². The molecule has 3 aromatic heterocycles. The van der Waals surface area contributed by atoms with Gasteiger partial charge < -0.3 is 25.0 Å². The normalized spacial score (nSPS) is 15.1. The third kappa shape index (κ3) is 4.79. The number of hydrogen-bond donors (Lipinski definition) is 3. The number of aromatic nitrogens is 5. The van der Waals surface area contributed by atoms with Gasteiger partial charge in [0.25, 0.3) is 11.7 Å². The molecule has 1 saturated heterocycles. The minimum atomic E-state index is -0.369. The molecular formula is C30H34N8O2. The van der Waals surface area contributed by atoms with Crippen molar-refractivity contribution in [2.45, 2.75) is 46.1 Å². The Morgan fingerprint density at radius 1 is 1.10 bits per heavy atom. The maximum absolute atomic E-state index is 12.8. The Morgan fingerprint density at radius 3 is 2.62 bits per heavy atom. The first-order chi connectivity index (χ1) is 19.2. The highest BCUT2D eigenvalue weighted by atomic mass is 16.5. The number of aryl methyl sites for hydroxylation is 1. The Bertz CT molecular complexity index is 1710. The van der Waals surface area contributed by atoms with Crippen molar-refractivity contribution < 1.29 is 9.32 Å². The van der Waals surface area contributed by atoms with Gasteiger partial charge in [-0.25, -0.2) is 9.97 Å². The molecule has 10 nitrogen and oxygen atoms in total. The number of piperazine rings is 1. The van der Waals surface area contributed by atoms with Gasteiger partial charge >= 0.3 is 0 Å². The van der Waals surface area contributed by atoms with E-state index in [0.29, 0.717) is 5.89 Å². The lowest BCUT2D eigenvalue weighted by atomic mass is 9.97. The van der Waals surface area contributed by atoms with Crippen molar-refractivity contribution >= 4 is 33.5 Å². The lowest BCUT2D eigenvalue weighted by Crippen LogP contribution is -2.43. The van der Waals surface area contributed by atoms with Gasteiger partial charge in [0.1, 0.15) is 12.0 Å². The molecule has 1 aliphatic rings. The number of rotatable bonds is 5. The van der Waals surface area contributed by atoms with Crippen LogP contribution in [0.2, 0.25) is 0 Å². The molecule has 0 radical (unpaired) electrons. The second-order valence-electron chi connectivity index (χ2n) is 11.5.